The molecule has 8 heteroatoms. The first-order valence-corrected chi connectivity index (χ1v) is 14.1. The average Bonchev–Trinajstić information content (AvgIpc) is 2.86. The fourth-order valence-electron chi connectivity index (χ4n) is 4.20. The topological polar surface area (TPSA) is 86.8 Å². The number of hydrogen-bond acceptors (Lipinski definition) is 4. The predicted molar refractivity (Wildman–Crippen MR) is 150 cm³/mol. The summed E-state index contributed by atoms with van der Waals surface area (Å²) in [6.45, 7) is 7.34. The smallest absolute Gasteiger partial charge is 0.243 e. The molecular formula is C30H37N3O4S. The van der Waals surface area contributed by atoms with Crippen molar-refractivity contribution < 1.29 is 18.0 Å². The maximum absolute atomic E-state index is 13.8. The van der Waals surface area contributed by atoms with Gasteiger partial charge in [-0.2, -0.15) is 4.31 Å². The van der Waals surface area contributed by atoms with Gasteiger partial charge in [0.15, 0.2) is 0 Å². The summed E-state index contributed by atoms with van der Waals surface area (Å²) < 4.78 is 27.5. The molecule has 3 aromatic rings. The van der Waals surface area contributed by atoms with Crippen LogP contribution in [0, 0.1) is 13.8 Å². The fraction of sp³-hybridized carbons (Fsp3) is 0.333. The van der Waals surface area contributed by atoms with Crippen LogP contribution in [0.15, 0.2) is 83.8 Å². The van der Waals surface area contributed by atoms with Gasteiger partial charge >= 0.3 is 0 Å². The number of sulfonamides is 1. The minimum Gasteiger partial charge on any atom is -0.352 e. The SMILES string of the molecule is Cc1ccc(S(=O)(=O)N(C)CC(=O)N(Cc2cccc(C)c2)[C@@H](Cc2ccccc2)C(=O)NC(C)C)cc1. The molecule has 0 aliphatic rings. The second kappa shape index (κ2) is 12.8. The Balaban J connectivity index is 1.97. The Morgan fingerprint density at radius 3 is 2.08 bits per heavy atom. The van der Waals surface area contributed by atoms with Crippen LogP contribution in [0.25, 0.3) is 0 Å². The molecule has 0 fully saturated rings. The van der Waals surface area contributed by atoms with Gasteiger partial charge in [0.1, 0.15) is 6.04 Å². The normalized spacial score (nSPS) is 12.4. The third-order valence-corrected chi connectivity index (χ3v) is 8.04. The van der Waals surface area contributed by atoms with Gasteiger partial charge in [0.25, 0.3) is 0 Å². The van der Waals surface area contributed by atoms with E-state index in [-0.39, 0.29) is 23.4 Å². The quantitative estimate of drug-likeness (QED) is 0.401. The number of carbonyl (C=O) groups excluding carboxylic acids is 2. The molecule has 0 aliphatic heterocycles. The monoisotopic (exact) mass is 535 g/mol. The van der Waals surface area contributed by atoms with Gasteiger partial charge in [0, 0.05) is 26.1 Å². The largest absolute Gasteiger partial charge is 0.352 e. The molecule has 0 bridgehead atoms. The van der Waals surface area contributed by atoms with Crippen LogP contribution in [0.3, 0.4) is 0 Å². The van der Waals surface area contributed by atoms with Crippen molar-refractivity contribution >= 4 is 21.8 Å². The zero-order valence-electron chi connectivity index (χ0n) is 22.7. The molecule has 1 N–H and O–H groups in total. The lowest BCUT2D eigenvalue weighted by atomic mass is 10.0. The van der Waals surface area contributed by atoms with Gasteiger partial charge in [-0.25, -0.2) is 8.42 Å². The second-order valence-corrected chi connectivity index (χ2v) is 12.0. The first kappa shape index (κ1) is 29.1. The Morgan fingerprint density at radius 2 is 1.47 bits per heavy atom. The Morgan fingerprint density at radius 1 is 0.842 bits per heavy atom. The first-order valence-electron chi connectivity index (χ1n) is 12.7. The lowest BCUT2D eigenvalue weighted by Gasteiger charge is -2.33. The highest BCUT2D eigenvalue weighted by molar-refractivity contribution is 7.89. The van der Waals surface area contributed by atoms with E-state index in [1.165, 1.54) is 24.1 Å². The Kier molecular flexibility index (Phi) is 9.83. The molecule has 0 saturated carbocycles. The number of benzene rings is 3. The molecule has 38 heavy (non-hydrogen) atoms. The van der Waals surface area contributed by atoms with E-state index in [0.29, 0.717) is 6.42 Å². The van der Waals surface area contributed by atoms with Gasteiger partial charge < -0.3 is 10.2 Å². The molecule has 3 aromatic carbocycles. The third-order valence-electron chi connectivity index (χ3n) is 6.22. The number of carbonyl (C=O) groups is 2. The molecule has 7 nitrogen and oxygen atoms in total. The molecule has 3 rings (SSSR count). The van der Waals surface area contributed by atoms with E-state index in [9.17, 15) is 18.0 Å². The van der Waals surface area contributed by atoms with E-state index in [4.69, 9.17) is 0 Å². The van der Waals surface area contributed by atoms with Gasteiger partial charge in [0.2, 0.25) is 21.8 Å². The summed E-state index contributed by atoms with van der Waals surface area (Å²) in [5.74, 6) is -0.738. The third kappa shape index (κ3) is 7.76. The zero-order chi connectivity index (χ0) is 27.9. The minimum absolute atomic E-state index is 0.113. The van der Waals surface area contributed by atoms with Crippen molar-refractivity contribution in [2.24, 2.45) is 0 Å². The van der Waals surface area contributed by atoms with Crippen LogP contribution < -0.4 is 5.32 Å². The van der Waals surface area contributed by atoms with Crippen LogP contribution in [0.2, 0.25) is 0 Å². The van der Waals surface area contributed by atoms with E-state index in [2.05, 4.69) is 5.32 Å². The molecule has 0 saturated heterocycles. The van der Waals surface area contributed by atoms with Crippen molar-refractivity contribution in [3.8, 4) is 0 Å². The number of amides is 2. The van der Waals surface area contributed by atoms with Crippen molar-refractivity contribution in [2.75, 3.05) is 13.6 Å². The van der Waals surface area contributed by atoms with Crippen LogP contribution in [-0.4, -0.2) is 55.1 Å². The van der Waals surface area contributed by atoms with Crippen molar-refractivity contribution in [2.45, 2.75) is 57.6 Å². The van der Waals surface area contributed by atoms with Gasteiger partial charge in [-0.1, -0.05) is 77.9 Å². The lowest BCUT2D eigenvalue weighted by molar-refractivity contribution is -0.141. The molecule has 0 aliphatic carbocycles. The van der Waals surface area contributed by atoms with E-state index in [0.717, 1.165) is 26.6 Å². The van der Waals surface area contributed by atoms with Gasteiger partial charge in [-0.05, 0) is 51.0 Å². The number of nitrogens with one attached hydrogen (secondary N) is 1. The first-order chi connectivity index (χ1) is 18.0. The summed E-state index contributed by atoms with van der Waals surface area (Å²) in [7, 11) is -2.52. The lowest BCUT2D eigenvalue weighted by Crippen LogP contribution is -2.53. The van der Waals surface area contributed by atoms with Crippen molar-refractivity contribution in [3.05, 3.63) is 101 Å². The Bertz CT molecular complexity index is 1340. The molecule has 202 valence electrons. The van der Waals surface area contributed by atoms with Crippen LogP contribution in [0.5, 0.6) is 0 Å². The summed E-state index contributed by atoms with van der Waals surface area (Å²) in [6, 6.07) is 22.8. The highest BCUT2D eigenvalue weighted by Crippen LogP contribution is 2.19. The van der Waals surface area contributed by atoms with Crippen LogP contribution in [0.4, 0.5) is 0 Å². The fourth-order valence-corrected chi connectivity index (χ4v) is 5.32. The maximum Gasteiger partial charge on any atom is 0.243 e. The van der Waals surface area contributed by atoms with Crippen molar-refractivity contribution in [3.63, 3.8) is 0 Å². The molecule has 1 atom stereocenters. The van der Waals surface area contributed by atoms with E-state index >= 15 is 0 Å². The highest BCUT2D eigenvalue weighted by Gasteiger charge is 2.33. The number of rotatable bonds is 11. The number of hydrogen-bond donors (Lipinski definition) is 1. The van der Waals surface area contributed by atoms with Crippen LogP contribution in [0.1, 0.15) is 36.1 Å². The molecule has 2 amide bonds. The predicted octanol–water partition coefficient (Wildman–Crippen LogP) is 4.09. The van der Waals surface area contributed by atoms with E-state index in [1.54, 1.807) is 12.1 Å². The van der Waals surface area contributed by atoms with Gasteiger partial charge in [-0.3, -0.25) is 9.59 Å². The highest BCUT2D eigenvalue weighted by atomic mass is 32.2. The molecule has 0 unspecified atom stereocenters. The summed E-state index contributed by atoms with van der Waals surface area (Å²) in [5.41, 5.74) is 3.73. The standard InChI is InChI=1S/C30H37N3O4S/c1-22(2)31-30(35)28(19-25-11-7-6-8-12-25)33(20-26-13-9-10-24(4)18-26)29(34)21-32(5)38(36,37)27-16-14-23(3)15-17-27/h6-18,22,28H,19-21H2,1-5H3,(H,31,35)/t28-/m0/s1. The number of nitrogens with zero attached hydrogens (tertiary/aromatic N) is 2. The van der Waals surface area contributed by atoms with Gasteiger partial charge in [0.05, 0.1) is 11.4 Å². The zero-order valence-corrected chi connectivity index (χ0v) is 23.5. The van der Waals surface area contributed by atoms with Crippen LogP contribution >= 0.6 is 0 Å². The van der Waals surface area contributed by atoms with E-state index < -0.39 is 28.5 Å². The Labute approximate surface area is 226 Å². The van der Waals surface area contributed by atoms with Crippen molar-refractivity contribution in [1.29, 1.82) is 0 Å². The summed E-state index contributed by atoms with van der Waals surface area (Å²) in [4.78, 5) is 28.9. The molecule has 0 radical (unpaired) electrons. The minimum atomic E-state index is -3.90. The number of likely N-dealkylation sites (N-methyl/N-ethyl adjacent to an activating group) is 1. The summed E-state index contributed by atoms with van der Waals surface area (Å²) in [5, 5.41) is 2.95. The molecular weight excluding hydrogens is 498 g/mol. The number of aryl methyl sites for hydroxylation is 2. The van der Waals surface area contributed by atoms with E-state index in [1.807, 2.05) is 82.3 Å². The van der Waals surface area contributed by atoms with Crippen LogP contribution in [-0.2, 0) is 32.6 Å². The summed E-state index contributed by atoms with van der Waals surface area (Å²) in [6.07, 6.45) is 0.297. The Hall–Kier alpha value is -3.49. The molecule has 0 aromatic heterocycles. The molecule has 0 spiro atoms. The maximum atomic E-state index is 13.8. The second-order valence-electron chi connectivity index (χ2n) is 9.95. The molecule has 0 heterocycles. The van der Waals surface area contributed by atoms with Crippen molar-refractivity contribution in [1.82, 2.24) is 14.5 Å². The summed E-state index contributed by atoms with van der Waals surface area (Å²) >= 11 is 0. The average molecular weight is 536 g/mol. The van der Waals surface area contributed by atoms with Gasteiger partial charge in [-0.15, -0.1) is 0 Å².